The summed E-state index contributed by atoms with van der Waals surface area (Å²) in [6, 6.07) is 13.7. The van der Waals surface area contributed by atoms with E-state index in [4.69, 9.17) is 0 Å². The second-order valence-electron chi connectivity index (χ2n) is 6.42. The number of anilines is 1. The first-order valence-corrected chi connectivity index (χ1v) is 7.99. The van der Waals surface area contributed by atoms with Crippen molar-refractivity contribution in [3.05, 3.63) is 76.9 Å². The van der Waals surface area contributed by atoms with Crippen LogP contribution in [0.4, 0.5) is 5.69 Å². The largest absolute Gasteiger partial charge is 0.545 e. The van der Waals surface area contributed by atoms with E-state index < -0.39 is 5.97 Å². The Balaban J connectivity index is 1.75. The Morgan fingerprint density at radius 1 is 1.17 bits per heavy atom. The highest BCUT2D eigenvalue weighted by Gasteiger charge is 2.38. The Morgan fingerprint density at radius 2 is 1.96 bits per heavy atom. The zero-order valence-corrected chi connectivity index (χ0v) is 13.0. The molecule has 1 aliphatic carbocycles. The molecule has 3 heteroatoms. The molecule has 3 atom stereocenters. The third-order valence-electron chi connectivity index (χ3n) is 5.11. The van der Waals surface area contributed by atoms with Crippen LogP contribution in [0.2, 0.25) is 0 Å². The van der Waals surface area contributed by atoms with Crippen LogP contribution in [0.5, 0.6) is 0 Å². The van der Waals surface area contributed by atoms with Gasteiger partial charge in [-0.1, -0.05) is 54.6 Å². The lowest BCUT2D eigenvalue weighted by atomic mass is 9.76. The molecule has 1 aliphatic heterocycles. The first kappa shape index (κ1) is 14.1. The molecule has 0 bridgehead atoms. The third kappa shape index (κ3) is 2.24. The van der Waals surface area contributed by atoms with Crippen molar-refractivity contribution in [2.75, 3.05) is 5.32 Å². The Morgan fingerprint density at radius 3 is 2.70 bits per heavy atom. The zero-order chi connectivity index (χ0) is 16.0. The summed E-state index contributed by atoms with van der Waals surface area (Å²) in [7, 11) is 0. The molecule has 2 aromatic carbocycles. The van der Waals surface area contributed by atoms with Crippen LogP contribution in [0, 0.1) is 12.8 Å². The number of aromatic carboxylic acids is 1. The quantitative estimate of drug-likeness (QED) is 0.867. The number of hydrogen-bond donors (Lipinski definition) is 1. The van der Waals surface area contributed by atoms with Gasteiger partial charge in [0.25, 0.3) is 0 Å². The van der Waals surface area contributed by atoms with Gasteiger partial charge in [0.2, 0.25) is 0 Å². The number of fused-ring (bicyclic) bond motifs is 3. The smallest absolute Gasteiger partial charge is 0.0715 e. The normalized spacial score (nSPS) is 24.7. The number of carboxylic acids is 1. The summed E-state index contributed by atoms with van der Waals surface area (Å²) in [6.07, 6.45) is 5.61. The van der Waals surface area contributed by atoms with Crippen molar-refractivity contribution in [3.8, 4) is 0 Å². The third-order valence-corrected chi connectivity index (χ3v) is 5.11. The van der Waals surface area contributed by atoms with Gasteiger partial charge in [-0.3, -0.25) is 0 Å². The second-order valence-corrected chi connectivity index (χ2v) is 6.42. The summed E-state index contributed by atoms with van der Waals surface area (Å²) < 4.78 is 0. The Bertz CT molecular complexity index is 792. The summed E-state index contributed by atoms with van der Waals surface area (Å²) >= 11 is 0. The van der Waals surface area contributed by atoms with Gasteiger partial charge in [-0.15, -0.1) is 0 Å². The number of rotatable bonds is 2. The fourth-order valence-electron chi connectivity index (χ4n) is 3.93. The van der Waals surface area contributed by atoms with E-state index in [1.165, 1.54) is 16.8 Å². The SMILES string of the molecule is Cc1cccc2c1N[C@@H](c1ccc(C(=O)[O-])cc1)[C@@H]1CC=C[C@H]21. The minimum Gasteiger partial charge on any atom is -0.545 e. The summed E-state index contributed by atoms with van der Waals surface area (Å²) in [5.74, 6) is -0.232. The molecule has 4 rings (SSSR count). The fourth-order valence-corrected chi connectivity index (χ4v) is 3.93. The highest BCUT2D eigenvalue weighted by molar-refractivity contribution is 5.85. The van der Waals surface area contributed by atoms with E-state index >= 15 is 0 Å². The summed E-state index contributed by atoms with van der Waals surface area (Å²) in [4.78, 5) is 10.9. The number of benzene rings is 2. The molecular formula is C20H18NO2-. The molecule has 1 N–H and O–H groups in total. The second kappa shape index (κ2) is 5.27. The number of carbonyl (C=O) groups is 1. The fraction of sp³-hybridized carbons (Fsp3) is 0.250. The first-order chi connectivity index (χ1) is 11.1. The van der Waals surface area contributed by atoms with Crippen LogP contribution in [0.1, 0.15) is 45.4 Å². The van der Waals surface area contributed by atoms with Crippen LogP contribution >= 0.6 is 0 Å². The van der Waals surface area contributed by atoms with Gasteiger partial charge < -0.3 is 15.2 Å². The number of allylic oxidation sites excluding steroid dienone is 2. The molecule has 0 saturated carbocycles. The van der Waals surface area contributed by atoms with E-state index in [0.29, 0.717) is 11.8 Å². The highest BCUT2D eigenvalue weighted by atomic mass is 16.4. The molecule has 0 amide bonds. The molecule has 1 heterocycles. The van der Waals surface area contributed by atoms with Crippen LogP contribution in [0.25, 0.3) is 0 Å². The lowest BCUT2D eigenvalue weighted by Gasteiger charge is -2.38. The Hall–Kier alpha value is -2.55. The first-order valence-electron chi connectivity index (χ1n) is 7.99. The van der Waals surface area contributed by atoms with E-state index in [0.717, 1.165) is 12.0 Å². The molecule has 23 heavy (non-hydrogen) atoms. The standard InChI is InChI=1S/C20H19NO2/c1-12-4-2-6-16-15-5-3-7-17(15)19(21-18(12)16)13-8-10-14(11-9-13)20(22)23/h2-6,8-11,15,17,19,21H,7H2,1H3,(H,22,23)/p-1/t15-,17-,19+/m1/s1. The number of nitrogens with one attached hydrogen (secondary N) is 1. The van der Waals surface area contributed by atoms with Crippen molar-refractivity contribution in [2.45, 2.75) is 25.3 Å². The van der Waals surface area contributed by atoms with Gasteiger partial charge in [-0.2, -0.15) is 0 Å². The summed E-state index contributed by atoms with van der Waals surface area (Å²) in [5, 5.41) is 14.6. The van der Waals surface area contributed by atoms with Gasteiger partial charge in [0.1, 0.15) is 0 Å². The van der Waals surface area contributed by atoms with Gasteiger partial charge in [-0.25, -0.2) is 0 Å². The lowest BCUT2D eigenvalue weighted by molar-refractivity contribution is -0.255. The monoisotopic (exact) mass is 304 g/mol. The van der Waals surface area contributed by atoms with Gasteiger partial charge in [0.15, 0.2) is 0 Å². The minimum absolute atomic E-state index is 0.194. The predicted octanol–water partition coefficient (Wildman–Crippen LogP) is 3.19. The molecule has 116 valence electrons. The lowest BCUT2D eigenvalue weighted by Crippen LogP contribution is -2.29. The number of aryl methyl sites for hydroxylation is 1. The molecule has 0 saturated heterocycles. The zero-order valence-electron chi connectivity index (χ0n) is 13.0. The van der Waals surface area contributed by atoms with Crippen molar-refractivity contribution >= 4 is 11.7 Å². The molecule has 0 fully saturated rings. The average Bonchev–Trinajstić information content (AvgIpc) is 3.04. The average molecular weight is 304 g/mol. The van der Waals surface area contributed by atoms with E-state index in [1.54, 1.807) is 12.1 Å². The Kier molecular flexibility index (Phi) is 3.22. The minimum atomic E-state index is -1.13. The maximum absolute atomic E-state index is 10.9. The van der Waals surface area contributed by atoms with E-state index in [1.807, 2.05) is 12.1 Å². The molecule has 0 radical (unpaired) electrons. The topological polar surface area (TPSA) is 52.2 Å². The van der Waals surface area contributed by atoms with Gasteiger partial charge in [0, 0.05) is 11.6 Å². The number of para-hydroxylation sites is 1. The molecule has 0 spiro atoms. The highest BCUT2D eigenvalue weighted by Crippen LogP contribution is 2.50. The molecule has 3 nitrogen and oxygen atoms in total. The van der Waals surface area contributed by atoms with Crippen molar-refractivity contribution in [1.82, 2.24) is 0 Å². The van der Waals surface area contributed by atoms with E-state index in [-0.39, 0.29) is 11.6 Å². The maximum Gasteiger partial charge on any atom is 0.0715 e. The molecule has 2 aliphatic rings. The number of carbonyl (C=O) groups excluding carboxylic acids is 1. The van der Waals surface area contributed by atoms with Gasteiger partial charge >= 0.3 is 0 Å². The summed E-state index contributed by atoms with van der Waals surface area (Å²) in [6.45, 7) is 2.13. The molecule has 0 unspecified atom stereocenters. The van der Waals surface area contributed by atoms with E-state index in [2.05, 4.69) is 42.6 Å². The van der Waals surface area contributed by atoms with Crippen molar-refractivity contribution < 1.29 is 9.90 Å². The van der Waals surface area contributed by atoms with Crippen molar-refractivity contribution in [3.63, 3.8) is 0 Å². The van der Waals surface area contributed by atoms with Gasteiger partial charge in [-0.05, 0) is 41.5 Å². The maximum atomic E-state index is 10.9. The van der Waals surface area contributed by atoms with Crippen molar-refractivity contribution in [1.29, 1.82) is 0 Å². The summed E-state index contributed by atoms with van der Waals surface area (Å²) in [5.41, 5.74) is 5.18. The van der Waals surface area contributed by atoms with Crippen LogP contribution in [-0.4, -0.2) is 5.97 Å². The van der Waals surface area contributed by atoms with Gasteiger partial charge in [0.05, 0.1) is 12.0 Å². The Labute approximate surface area is 135 Å². The number of carboxylic acid groups (broad SMARTS) is 1. The predicted molar refractivity (Wildman–Crippen MR) is 88.3 cm³/mol. The molecule has 2 aromatic rings. The van der Waals surface area contributed by atoms with Crippen LogP contribution in [0.15, 0.2) is 54.6 Å². The van der Waals surface area contributed by atoms with E-state index in [9.17, 15) is 9.90 Å². The van der Waals surface area contributed by atoms with Crippen LogP contribution in [-0.2, 0) is 0 Å². The molecular weight excluding hydrogens is 286 g/mol. The van der Waals surface area contributed by atoms with Crippen molar-refractivity contribution in [2.24, 2.45) is 5.92 Å². The van der Waals surface area contributed by atoms with Crippen LogP contribution in [0.3, 0.4) is 0 Å². The molecule has 0 aromatic heterocycles. The number of hydrogen-bond acceptors (Lipinski definition) is 3. The van der Waals surface area contributed by atoms with Crippen LogP contribution < -0.4 is 10.4 Å².